The number of ether oxygens (including phenoxy) is 1. The molecule has 2 amide bonds. The van der Waals surface area contributed by atoms with Gasteiger partial charge in [-0.1, -0.05) is 71.0 Å². The first-order valence-corrected chi connectivity index (χ1v) is 12.0. The van der Waals surface area contributed by atoms with Crippen molar-refractivity contribution in [1.82, 2.24) is 10.2 Å². The lowest BCUT2D eigenvalue weighted by atomic mass is 10.00. The fourth-order valence-electron chi connectivity index (χ4n) is 3.77. The number of methoxy groups -OCH3 is 1. The molecule has 0 saturated carbocycles. The molecular formula is C28H40N2O3. The predicted octanol–water partition coefficient (Wildman–Crippen LogP) is 5.33. The quantitative estimate of drug-likeness (QED) is 0.473. The molecule has 0 spiro atoms. The molecular weight excluding hydrogens is 412 g/mol. The molecule has 5 nitrogen and oxygen atoms in total. The van der Waals surface area contributed by atoms with Crippen LogP contribution in [0.4, 0.5) is 0 Å². The van der Waals surface area contributed by atoms with Gasteiger partial charge in [0.2, 0.25) is 11.8 Å². The zero-order chi connectivity index (χ0) is 24.4. The highest BCUT2D eigenvalue weighted by atomic mass is 16.5. The van der Waals surface area contributed by atoms with Crippen LogP contribution in [0.25, 0.3) is 0 Å². The Morgan fingerprint density at radius 1 is 1.00 bits per heavy atom. The van der Waals surface area contributed by atoms with Gasteiger partial charge in [-0.2, -0.15) is 0 Å². The Bertz CT molecular complexity index is 890. The molecule has 5 heteroatoms. The number of benzene rings is 2. The average Bonchev–Trinajstić information content (AvgIpc) is 2.81. The molecule has 0 radical (unpaired) electrons. The van der Waals surface area contributed by atoms with Gasteiger partial charge in [-0.25, -0.2) is 0 Å². The summed E-state index contributed by atoms with van der Waals surface area (Å²) < 4.78 is 5.35. The molecule has 0 heterocycles. The van der Waals surface area contributed by atoms with Crippen LogP contribution in [0.3, 0.4) is 0 Å². The van der Waals surface area contributed by atoms with Gasteiger partial charge in [0, 0.05) is 19.5 Å². The first-order chi connectivity index (χ1) is 15.7. The number of carbonyl (C=O) groups is 2. The highest BCUT2D eigenvalue weighted by molar-refractivity contribution is 5.87. The topological polar surface area (TPSA) is 58.6 Å². The molecule has 0 aliphatic heterocycles. The summed E-state index contributed by atoms with van der Waals surface area (Å²) in [4.78, 5) is 28.1. The van der Waals surface area contributed by atoms with Crippen molar-refractivity contribution in [3.63, 3.8) is 0 Å². The maximum atomic E-state index is 13.4. The molecule has 0 saturated heterocycles. The third-order valence-electron chi connectivity index (χ3n) is 5.83. The van der Waals surface area contributed by atoms with Gasteiger partial charge in [-0.3, -0.25) is 9.59 Å². The van der Waals surface area contributed by atoms with Crippen LogP contribution in [0.15, 0.2) is 48.5 Å². The monoisotopic (exact) mass is 452 g/mol. The van der Waals surface area contributed by atoms with Crippen molar-refractivity contribution in [3.05, 3.63) is 65.2 Å². The van der Waals surface area contributed by atoms with E-state index in [-0.39, 0.29) is 11.8 Å². The summed E-state index contributed by atoms with van der Waals surface area (Å²) in [6.07, 6.45) is 1.57. The molecule has 2 aromatic rings. The van der Waals surface area contributed by atoms with Gasteiger partial charge in [-0.05, 0) is 53.5 Å². The Morgan fingerprint density at radius 3 is 2.27 bits per heavy atom. The van der Waals surface area contributed by atoms with Gasteiger partial charge in [0.25, 0.3) is 0 Å². The van der Waals surface area contributed by atoms with Crippen LogP contribution in [0.2, 0.25) is 0 Å². The molecule has 2 rings (SSSR count). The van der Waals surface area contributed by atoms with Crippen molar-refractivity contribution >= 4 is 11.8 Å². The average molecular weight is 453 g/mol. The molecule has 0 fully saturated rings. The van der Waals surface area contributed by atoms with Gasteiger partial charge in [-0.15, -0.1) is 0 Å². The molecule has 0 aliphatic rings. The summed E-state index contributed by atoms with van der Waals surface area (Å²) in [6, 6.07) is 15.6. The number of carbonyl (C=O) groups excluding carboxylic acids is 2. The van der Waals surface area contributed by atoms with Crippen LogP contribution in [0.5, 0.6) is 5.75 Å². The fraction of sp³-hybridized carbons (Fsp3) is 0.500. The van der Waals surface area contributed by atoms with Crippen LogP contribution >= 0.6 is 0 Å². The minimum absolute atomic E-state index is 0.0164. The van der Waals surface area contributed by atoms with Gasteiger partial charge < -0.3 is 15.0 Å². The maximum absolute atomic E-state index is 13.4. The lowest BCUT2D eigenvalue weighted by Gasteiger charge is -2.31. The van der Waals surface area contributed by atoms with E-state index in [0.717, 1.165) is 16.9 Å². The van der Waals surface area contributed by atoms with E-state index in [2.05, 4.69) is 57.3 Å². The minimum Gasteiger partial charge on any atom is -0.497 e. The highest BCUT2D eigenvalue weighted by Gasteiger charge is 2.28. The summed E-state index contributed by atoms with van der Waals surface area (Å²) in [5.74, 6) is 1.46. The number of amides is 2. The summed E-state index contributed by atoms with van der Waals surface area (Å²) in [5.41, 5.74) is 3.36. The van der Waals surface area contributed by atoms with Gasteiger partial charge in [0.1, 0.15) is 11.8 Å². The third-order valence-corrected chi connectivity index (χ3v) is 5.83. The first-order valence-electron chi connectivity index (χ1n) is 12.0. The molecule has 0 aliphatic carbocycles. The summed E-state index contributed by atoms with van der Waals surface area (Å²) in [6.45, 7) is 11.4. The van der Waals surface area contributed by atoms with E-state index >= 15 is 0 Å². The Labute approximate surface area is 199 Å². The van der Waals surface area contributed by atoms with Crippen LogP contribution in [-0.4, -0.2) is 36.4 Å². The van der Waals surface area contributed by atoms with Crippen molar-refractivity contribution < 1.29 is 14.3 Å². The van der Waals surface area contributed by atoms with Crippen LogP contribution in [0, 0.1) is 5.92 Å². The number of rotatable bonds is 12. The van der Waals surface area contributed by atoms with Crippen molar-refractivity contribution in [3.8, 4) is 5.75 Å². The molecule has 0 unspecified atom stereocenters. The number of nitrogens with one attached hydrogen (secondary N) is 1. The van der Waals surface area contributed by atoms with Gasteiger partial charge in [0.05, 0.1) is 7.11 Å². The number of aryl methyl sites for hydroxylation is 1. The number of hydrogen-bond donors (Lipinski definition) is 1. The standard InChI is InChI=1S/C28H40N2O3/c1-7-26(28(32)29-18-20(2)3)30(19-23-9-8-10-25(17-23)33-6)27(31)16-13-22-11-14-24(15-12-22)21(4)5/h8-12,14-15,17,20-21,26H,7,13,16,18-19H2,1-6H3,(H,29,32)/t26-/m1/s1. The number of hydrogen-bond acceptors (Lipinski definition) is 3. The molecule has 1 atom stereocenters. The Balaban J connectivity index is 2.19. The second-order valence-corrected chi connectivity index (χ2v) is 9.33. The van der Waals surface area contributed by atoms with E-state index < -0.39 is 6.04 Å². The Hall–Kier alpha value is -2.82. The molecule has 33 heavy (non-hydrogen) atoms. The van der Waals surface area contributed by atoms with Crippen molar-refractivity contribution in [2.75, 3.05) is 13.7 Å². The largest absolute Gasteiger partial charge is 0.497 e. The zero-order valence-corrected chi connectivity index (χ0v) is 21.1. The second kappa shape index (κ2) is 13.0. The predicted molar refractivity (Wildman–Crippen MR) is 134 cm³/mol. The summed E-state index contributed by atoms with van der Waals surface area (Å²) >= 11 is 0. The van der Waals surface area contributed by atoms with E-state index in [1.807, 2.05) is 31.2 Å². The van der Waals surface area contributed by atoms with Crippen LogP contribution in [-0.2, 0) is 22.6 Å². The van der Waals surface area contributed by atoms with E-state index in [4.69, 9.17) is 4.74 Å². The molecule has 0 aromatic heterocycles. The highest BCUT2D eigenvalue weighted by Crippen LogP contribution is 2.20. The van der Waals surface area contributed by atoms with Gasteiger partial charge in [0.15, 0.2) is 0 Å². The van der Waals surface area contributed by atoms with E-state index in [9.17, 15) is 9.59 Å². The molecule has 0 bridgehead atoms. The second-order valence-electron chi connectivity index (χ2n) is 9.33. The Morgan fingerprint density at radius 2 is 1.70 bits per heavy atom. The molecule has 2 aromatic carbocycles. The summed E-state index contributed by atoms with van der Waals surface area (Å²) in [7, 11) is 1.63. The smallest absolute Gasteiger partial charge is 0.242 e. The SMILES string of the molecule is CC[C@H](C(=O)NCC(C)C)N(Cc1cccc(OC)c1)C(=O)CCc1ccc(C(C)C)cc1. The van der Waals surface area contributed by atoms with Crippen LogP contribution < -0.4 is 10.1 Å². The maximum Gasteiger partial charge on any atom is 0.242 e. The normalized spacial score (nSPS) is 12.0. The third kappa shape index (κ3) is 8.23. The minimum atomic E-state index is -0.509. The number of nitrogens with zero attached hydrogens (tertiary/aromatic N) is 1. The van der Waals surface area contributed by atoms with Crippen LogP contribution in [0.1, 0.15) is 70.1 Å². The lowest BCUT2D eigenvalue weighted by molar-refractivity contribution is -0.141. The molecule has 1 N–H and O–H groups in total. The lowest BCUT2D eigenvalue weighted by Crippen LogP contribution is -2.49. The van der Waals surface area contributed by atoms with E-state index in [1.54, 1.807) is 12.0 Å². The van der Waals surface area contributed by atoms with E-state index in [0.29, 0.717) is 44.2 Å². The van der Waals surface area contributed by atoms with Crippen molar-refractivity contribution in [1.29, 1.82) is 0 Å². The van der Waals surface area contributed by atoms with Crippen molar-refractivity contribution in [2.45, 2.75) is 72.4 Å². The van der Waals surface area contributed by atoms with E-state index in [1.165, 1.54) is 5.56 Å². The fourth-order valence-corrected chi connectivity index (χ4v) is 3.77. The Kier molecular flexibility index (Phi) is 10.4. The van der Waals surface area contributed by atoms with Gasteiger partial charge >= 0.3 is 0 Å². The van der Waals surface area contributed by atoms with Crippen molar-refractivity contribution in [2.24, 2.45) is 5.92 Å². The zero-order valence-electron chi connectivity index (χ0n) is 21.1. The first kappa shape index (κ1) is 26.4. The molecule has 180 valence electrons. The summed E-state index contributed by atoms with van der Waals surface area (Å²) in [5, 5.41) is 3.01.